The van der Waals surface area contributed by atoms with Gasteiger partial charge in [0.1, 0.15) is 0 Å². The molecule has 1 atom stereocenters. The molecule has 0 saturated carbocycles. The number of aromatic nitrogens is 1. The maximum Gasteiger partial charge on any atom is 0.0223 e. The summed E-state index contributed by atoms with van der Waals surface area (Å²) in [5.74, 6) is 1.20. The van der Waals surface area contributed by atoms with Gasteiger partial charge in [-0.2, -0.15) is 11.8 Å². The maximum absolute atomic E-state index is 3.59. The highest BCUT2D eigenvalue weighted by atomic mass is 32.2. The molecule has 15 heavy (non-hydrogen) atoms. The zero-order chi connectivity index (χ0) is 11.1. The van der Waals surface area contributed by atoms with Gasteiger partial charge in [-0.05, 0) is 31.2 Å². The molecule has 1 rings (SSSR count). The molecule has 0 aromatic carbocycles. The van der Waals surface area contributed by atoms with Crippen LogP contribution in [0.15, 0.2) is 18.5 Å². The number of hydrogen-bond acceptors (Lipinski definition) is 2. The van der Waals surface area contributed by atoms with Gasteiger partial charge < -0.3 is 9.88 Å². The Morgan fingerprint density at radius 1 is 1.47 bits per heavy atom. The molecular formula is C12H22N2S. The molecule has 86 valence electrons. The van der Waals surface area contributed by atoms with Crippen LogP contribution in [0.2, 0.25) is 0 Å². The first-order chi connectivity index (χ1) is 7.30. The van der Waals surface area contributed by atoms with Crippen LogP contribution in [0, 0.1) is 0 Å². The van der Waals surface area contributed by atoms with Crippen molar-refractivity contribution in [3.8, 4) is 0 Å². The van der Waals surface area contributed by atoms with Gasteiger partial charge in [0.25, 0.3) is 0 Å². The Labute approximate surface area is 97.4 Å². The zero-order valence-electron chi connectivity index (χ0n) is 9.99. The van der Waals surface area contributed by atoms with Crippen molar-refractivity contribution in [2.24, 2.45) is 0 Å². The molecule has 0 bridgehead atoms. The third kappa shape index (κ3) is 4.31. The Hall–Kier alpha value is -0.410. The summed E-state index contributed by atoms with van der Waals surface area (Å²) >= 11 is 1.91. The van der Waals surface area contributed by atoms with Crippen LogP contribution < -0.4 is 5.32 Å². The zero-order valence-corrected chi connectivity index (χ0v) is 10.8. The molecule has 0 saturated heterocycles. The molecule has 0 radical (unpaired) electrons. The van der Waals surface area contributed by atoms with E-state index in [2.05, 4.69) is 48.4 Å². The molecule has 0 amide bonds. The summed E-state index contributed by atoms with van der Waals surface area (Å²) in [7, 11) is 0. The largest absolute Gasteiger partial charge is 0.354 e. The van der Waals surface area contributed by atoms with Crippen LogP contribution in [0.5, 0.6) is 0 Å². The molecule has 3 heteroatoms. The van der Waals surface area contributed by atoms with E-state index in [9.17, 15) is 0 Å². The smallest absolute Gasteiger partial charge is 0.0223 e. The minimum atomic E-state index is 0.643. The molecule has 1 unspecified atom stereocenters. The van der Waals surface area contributed by atoms with Gasteiger partial charge >= 0.3 is 0 Å². The molecule has 0 aliphatic rings. The Morgan fingerprint density at radius 2 is 2.27 bits per heavy atom. The second-order valence-corrected chi connectivity index (χ2v) is 4.70. The Balaban J connectivity index is 2.34. The van der Waals surface area contributed by atoms with Gasteiger partial charge in [0.05, 0.1) is 0 Å². The van der Waals surface area contributed by atoms with Gasteiger partial charge in [0, 0.05) is 37.3 Å². The lowest BCUT2D eigenvalue weighted by molar-refractivity contribution is 0.541. The fraction of sp³-hybridized carbons (Fsp3) is 0.667. The van der Waals surface area contributed by atoms with Gasteiger partial charge in [-0.25, -0.2) is 0 Å². The van der Waals surface area contributed by atoms with E-state index in [-0.39, 0.29) is 0 Å². The molecule has 0 fully saturated rings. The van der Waals surface area contributed by atoms with Crippen LogP contribution in [0.1, 0.15) is 25.8 Å². The summed E-state index contributed by atoms with van der Waals surface area (Å²) in [4.78, 5) is 0. The van der Waals surface area contributed by atoms with Gasteiger partial charge in [0.15, 0.2) is 0 Å². The summed E-state index contributed by atoms with van der Waals surface area (Å²) in [6.45, 7) is 6.46. The SMILES string of the molecule is CCC(CSC)NCc1ccn(CC)c1. The quantitative estimate of drug-likeness (QED) is 0.770. The number of nitrogens with zero attached hydrogens (tertiary/aromatic N) is 1. The topological polar surface area (TPSA) is 17.0 Å². The van der Waals surface area contributed by atoms with E-state index < -0.39 is 0 Å². The Kier molecular flexibility index (Phi) is 5.88. The van der Waals surface area contributed by atoms with E-state index in [1.54, 1.807) is 0 Å². The van der Waals surface area contributed by atoms with Gasteiger partial charge in [-0.1, -0.05) is 6.92 Å². The van der Waals surface area contributed by atoms with Crippen LogP contribution in [0.25, 0.3) is 0 Å². The van der Waals surface area contributed by atoms with Crippen LogP contribution in [-0.4, -0.2) is 22.6 Å². The molecule has 0 aliphatic heterocycles. The standard InChI is InChI=1S/C12H22N2S/c1-4-12(10-15-3)13-8-11-6-7-14(5-2)9-11/h6-7,9,12-13H,4-5,8,10H2,1-3H3. The van der Waals surface area contributed by atoms with Crippen LogP contribution in [-0.2, 0) is 13.1 Å². The molecule has 0 spiro atoms. The summed E-state index contributed by atoms with van der Waals surface area (Å²) in [6.07, 6.45) is 7.73. The van der Waals surface area contributed by atoms with E-state index in [0.29, 0.717) is 6.04 Å². The van der Waals surface area contributed by atoms with E-state index in [4.69, 9.17) is 0 Å². The molecule has 1 aromatic heterocycles. The molecule has 2 nitrogen and oxygen atoms in total. The second-order valence-electron chi connectivity index (χ2n) is 3.79. The van der Waals surface area contributed by atoms with Crippen molar-refractivity contribution >= 4 is 11.8 Å². The second kappa shape index (κ2) is 6.96. The van der Waals surface area contributed by atoms with Crippen molar-refractivity contribution < 1.29 is 0 Å². The predicted molar refractivity (Wildman–Crippen MR) is 69.4 cm³/mol. The average molecular weight is 226 g/mol. The van der Waals surface area contributed by atoms with Crippen molar-refractivity contribution in [1.29, 1.82) is 0 Å². The molecular weight excluding hydrogens is 204 g/mol. The summed E-state index contributed by atoms with van der Waals surface area (Å²) in [5.41, 5.74) is 1.39. The van der Waals surface area contributed by atoms with Crippen LogP contribution >= 0.6 is 11.8 Å². The third-order valence-corrected chi connectivity index (χ3v) is 3.37. The number of thioether (sulfide) groups is 1. The number of rotatable bonds is 7. The van der Waals surface area contributed by atoms with Crippen molar-refractivity contribution in [1.82, 2.24) is 9.88 Å². The molecule has 1 aromatic rings. The third-order valence-electron chi connectivity index (χ3n) is 2.63. The van der Waals surface area contributed by atoms with E-state index >= 15 is 0 Å². The van der Waals surface area contributed by atoms with Crippen LogP contribution in [0.3, 0.4) is 0 Å². The van der Waals surface area contributed by atoms with Crippen molar-refractivity contribution in [2.75, 3.05) is 12.0 Å². The maximum atomic E-state index is 3.59. The highest BCUT2D eigenvalue weighted by Crippen LogP contribution is 2.05. The van der Waals surface area contributed by atoms with Crippen molar-refractivity contribution in [2.45, 2.75) is 39.4 Å². The van der Waals surface area contributed by atoms with Gasteiger partial charge in [-0.15, -0.1) is 0 Å². The highest BCUT2D eigenvalue weighted by molar-refractivity contribution is 7.98. The summed E-state index contributed by atoms with van der Waals surface area (Å²) in [5, 5.41) is 3.59. The minimum absolute atomic E-state index is 0.643. The fourth-order valence-electron chi connectivity index (χ4n) is 1.58. The lowest BCUT2D eigenvalue weighted by atomic mass is 10.2. The minimum Gasteiger partial charge on any atom is -0.354 e. The summed E-state index contributed by atoms with van der Waals surface area (Å²) < 4.78 is 2.21. The van der Waals surface area contributed by atoms with Gasteiger partial charge in [-0.3, -0.25) is 0 Å². The molecule has 1 heterocycles. The van der Waals surface area contributed by atoms with E-state index in [1.165, 1.54) is 17.7 Å². The average Bonchev–Trinajstić information content (AvgIpc) is 2.72. The fourth-order valence-corrected chi connectivity index (χ4v) is 2.33. The molecule has 1 N–H and O–H groups in total. The van der Waals surface area contributed by atoms with Crippen molar-refractivity contribution in [3.05, 3.63) is 24.0 Å². The first-order valence-corrected chi connectivity index (χ1v) is 7.06. The normalized spacial score (nSPS) is 13.0. The molecule has 0 aliphatic carbocycles. The lowest BCUT2D eigenvalue weighted by Crippen LogP contribution is -2.29. The monoisotopic (exact) mass is 226 g/mol. The Bertz CT molecular complexity index is 270. The summed E-state index contributed by atoms with van der Waals surface area (Å²) in [6, 6.07) is 2.84. The predicted octanol–water partition coefficient (Wildman–Crippen LogP) is 2.74. The number of hydrogen-bond donors (Lipinski definition) is 1. The lowest BCUT2D eigenvalue weighted by Gasteiger charge is -2.14. The van der Waals surface area contributed by atoms with Crippen molar-refractivity contribution in [3.63, 3.8) is 0 Å². The number of nitrogens with one attached hydrogen (secondary N) is 1. The Morgan fingerprint density at radius 3 is 2.80 bits per heavy atom. The first kappa shape index (κ1) is 12.7. The number of aryl methyl sites for hydroxylation is 1. The highest BCUT2D eigenvalue weighted by Gasteiger charge is 2.04. The van der Waals surface area contributed by atoms with E-state index in [1.807, 2.05) is 11.8 Å². The van der Waals surface area contributed by atoms with Crippen LogP contribution in [0.4, 0.5) is 0 Å². The van der Waals surface area contributed by atoms with Gasteiger partial charge in [0.2, 0.25) is 0 Å². The first-order valence-electron chi connectivity index (χ1n) is 5.67. The van der Waals surface area contributed by atoms with E-state index in [0.717, 1.165) is 13.1 Å².